The molecule has 1 aliphatic rings. The second kappa shape index (κ2) is 9.75. The molecule has 36 heavy (non-hydrogen) atoms. The van der Waals surface area contributed by atoms with E-state index in [9.17, 15) is 4.79 Å². The van der Waals surface area contributed by atoms with Crippen molar-refractivity contribution >= 4 is 34.2 Å². The van der Waals surface area contributed by atoms with Gasteiger partial charge in [0.25, 0.3) is 5.91 Å². The molecule has 1 aliphatic heterocycles. The van der Waals surface area contributed by atoms with Gasteiger partial charge in [0, 0.05) is 6.42 Å². The molecule has 5 aromatic rings. The second-order valence-electron chi connectivity index (χ2n) is 8.48. The van der Waals surface area contributed by atoms with Crippen LogP contribution in [-0.4, -0.2) is 42.6 Å². The third-order valence-corrected chi connectivity index (χ3v) is 7.10. The number of carbonyl (C=O) groups is 1. The predicted molar refractivity (Wildman–Crippen MR) is 141 cm³/mol. The first-order chi connectivity index (χ1) is 17.8. The number of rotatable bonds is 6. The number of benzene rings is 4. The van der Waals surface area contributed by atoms with Crippen LogP contribution in [0.15, 0.2) is 113 Å². The van der Waals surface area contributed by atoms with Gasteiger partial charge in [-0.05, 0) is 50.5 Å². The lowest BCUT2D eigenvalue weighted by molar-refractivity contribution is -0.130. The van der Waals surface area contributed by atoms with Gasteiger partial charge < -0.3 is 0 Å². The minimum atomic E-state index is -0.161. The van der Waals surface area contributed by atoms with Gasteiger partial charge in [0.1, 0.15) is 0 Å². The third kappa shape index (κ3) is 4.38. The molecule has 1 amide bonds. The number of tetrazole rings is 1. The fourth-order valence-corrected chi connectivity index (χ4v) is 5.15. The quantitative estimate of drug-likeness (QED) is 0.303. The molecular weight excluding hydrogens is 468 g/mol. The van der Waals surface area contributed by atoms with Crippen molar-refractivity contribution in [2.24, 2.45) is 5.10 Å². The number of nitrogens with zero attached hydrogens (tertiary/aromatic N) is 6. The molecule has 6 rings (SSSR count). The van der Waals surface area contributed by atoms with Gasteiger partial charge in [-0.2, -0.15) is 9.78 Å². The Balaban J connectivity index is 1.27. The third-order valence-electron chi connectivity index (χ3n) is 6.20. The molecule has 0 saturated heterocycles. The minimum Gasteiger partial charge on any atom is -0.272 e. The zero-order valence-corrected chi connectivity index (χ0v) is 20.1. The standard InChI is InChI=1S/C28H22N6OS/c35-27(19-36-28-29-31-32-33(28)24-13-5-2-6-14-24)34-26(21-10-3-1-4-11-21)18-25(30-34)23-16-15-20-9-7-8-12-22(20)17-23/h1-17,26H,18-19H2. The van der Waals surface area contributed by atoms with Crippen molar-refractivity contribution in [1.29, 1.82) is 0 Å². The highest BCUT2D eigenvalue weighted by Gasteiger charge is 2.33. The van der Waals surface area contributed by atoms with Gasteiger partial charge in [-0.1, -0.05) is 96.7 Å². The van der Waals surface area contributed by atoms with Crippen LogP contribution < -0.4 is 0 Å². The first-order valence-corrected chi connectivity index (χ1v) is 12.6. The minimum absolute atomic E-state index is 0.0905. The van der Waals surface area contributed by atoms with Crippen molar-refractivity contribution in [1.82, 2.24) is 25.2 Å². The first kappa shape index (κ1) is 22.2. The highest BCUT2D eigenvalue weighted by atomic mass is 32.2. The Morgan fingerprint density at radius 3 is 2.39 bits per heavy atom. The largest absolute Gasteiger partial charge is 0.272 e. The van der Waals surface area contributed by atoms with Gasteiger partial charge >= 0.3 is 0 Å². The van der Waals surface area contributed by atoms with Crippen molar-refractivity contribution in [3.05, 3.63) is 114 Å². The molecule has 0 N–H and O–H groups in total. The molecule has 8 heteroatoms. The number of aromatic nitrogens is 4. The molecule has 4 aromatic carbocycles. The Hall–Kier alpha value is -4.30. The number of hydrogen-bond acceptors (Lipinski definition) is 6. The number of carbonyl (C=O) groups excluding carboxylic acids is 1. The zero-order chi connectivity index (χ0) is 24.3. The Morgan fingerprint density at radius 2 is 1.58 bits per heavy atom. The summed E-state index contributed by atoms with van der Waals surface area (Å²) in [5, 5.41) is 21.4. The highest BCUT2D eigenvalue weighted by Crippen LogP contribution is 2.34. The molecule has 176 valence electrons. The van der Waals surface area contributed by atoms with E-state index in [0.29, 0.717) is 11.6 Å². The van der Waals surface area contributed by atoms with Crippen LogP contribution in [0.25, 0.3) is 16.5 Å². The van der Waals surface area contributed by atoms with Crippen molar-refractivity contribution in [2.45, 2.75) is 17.6 Å². The second-order valence-corrected chi connectivity index (χ2v) is 9.42. The molecule has 1 aromatic heterocycles. The number of para-hydroxylation sites is 1. The van der Waals surface area contributed by atoms with E-state index in [1.807, 2.05) is 72.8 Å². The molecular formula is C28H22N6OS. The van der Waals surface area contributed by atoms with Crippen molar-refractivity contribution in [3.63, 3.8) is 0 Å². The van der Waals surface area contributed by atoms with E-state index in [4.69, 9.17) is 5.10 Å². The Kier molecular flexibility index (Phi) is 6.01. The van der Waals surface area contributed by atoms with Crippen LogP contribution in [0.3, 0.4) is 0 Å². The maximum Gasteiger partial charge on any atom is 0.253 e. The maximum atomic E-state index is 13.5. The molecule has 0 saturated carbocycles. The Morgan fingerprint density at radius 1 is 0.861 bits per heavy atom. The molecule has 0 radical (unpaired) electrons. The van der Waals surface area contributed by atoms with Crippen LogP contribution in [0.5, 0.6) is 0 Å². The van der Waals surface area contributed by atoms with Gasteiger partial charge in [0.2, 0.25) is 5.16 Å². The van der Waals surface area contributed by atoms with Gasteiger partial charge in [-0.25, -0.2) is 5.01 Å². The molecule has 0 spiro atoms. The van der Waals surface area contributed by atoms with Crippen LogP contribution >= 0.6 is 11.8 Å². The van der Waals surface area contributed by atoms with Gasteiger partial charge in [0.15, 0.2) is 0 Å². The number of hydrazone groups is 1. The SMILES string of the molecule is O=C(CSc1nnnn1-c1ccccc1)N1N=C(c2ccc3ccccc3c2)CC1c1ccccc1. The summed E-state index contributed by atoms with van der Waals surface area (Å²) in [6.45, 7) is 0. The lowest BCUT2D eigenvalue weighted by atomic mass is 9.97. The fraction of sp³-hybridized carbons (Fsp3) is 0.107. The normalized spacial score (nSPS) is 15.3. The van der Waals surface area contributed by atoms with Gasteiger partial charge in [0.05, 0.1) is 23.2 Å². The number of fused-ring (bicyclic) bond motifs is 1. The summed E-state index contributed by atoms with van der Waals surface area (Å²) < 4.78 is 1.64. The molecule has 0 aliphatic carbocycles. The molecule has 0 bridgehead atoms. The number of thioether (sulfide) groups is 1. The van der Waals surface area contributed by atoms with Crippen LogP contribution in [0, 0.1) is 0 Å². The average Bonchev–Trinajstić information content (AvgIpc) is 3.60. The topological polar surface area (TPSA) is 76.3 Å². The monoisotopic (exact) mass is 490 g/mol. The van der Waals surface area contributed by atoms with Crippen LogP contribution in [-0.2, 0) is 4.79 Å². The van der Waals surface area contributed by atoms with Crippen LogP contribution in [0.2, 0.25) is 0 Å². The lowest BCUT2D eigenvalue weighted by Gasteiger charge is -2.21. The molecule has 7 nitrogen and oxygen atoms in total. The molecule has 2 heterocycles. The summed E-state index contributed by atoms with van der Waals surface area (Å²) in [5.41, 5.74) is 3.84. The van der Waals surface area contributed by atoms with E-state index in [0.717, 1.165) is 27.9 Å². The summed E-state index contributed by atoms with van der Waals surface area (Å²) in [7, 11) is 0. The van der Waals surface area contributed by atoms with Gasteiger partial charge in [-0.3, -0.25) is 4.79 Å². The van der Waals surface area contributed by atoms with Crippen LogP contribution in [0.1, 0.15) is 23.6 Å². The van der Waals surface area contributed by atoms with E-state index in [2.05, 4.69) is 45.9 Å². The smallest absolute Gasteiger partial charge is 0.253 e. The summed E-state index contributed by atoms with van der Waals surface area (Å²) in [4.78, 5) is 13.5. The molecule has 1 unspecified atom stereocenters. The average molecular weight is 491 g/mol. The number of hydrogen-bond donors (Lipinski definition) is 0. The van der Waals surface area contributed by atoms with Crippen molar-refractivity contribution in [2.75, 3.05) is 5.75 Å². The fourth-order valence-electron chi connectivity index (χ4n) is 4.41. The van der Waals surface area contributed by atoms with Crippen LogP contribution in [0.4, 0.5) is 0 Å². The van der Waals surface area contributed by atoms with E-state index in [1.54, 1.807) is 9.69 Å². The van der Waals surface area contributed by atoms with E-state index in [1.165, 1.54) is 17.1 Å². The van der Waals surface area contributed by atoms with Gasteiger partial charge in [-0.15, -0.1) is 5.10 Å². The maximum absolute atomic E-state index is 13.5. The van der Waals surface area contributed by atoms with E-state index in [-0.39, 0.29) is 17.7 Å². The van der Waals surface area contributed by atoms with E-state index < -0.39 is 0 Å². The summed E-state index contributed by atoms with van der Waals surface area (Å²) in [6.07, 6.45) is 0.653. The lowest BCUT2D eigenvalue weighted by Crippen LogP contribution is -2.28. The number of amides is 1. The summed E-state index contributed by atoms with van der Waals surface area (Å²) >= 11 is 1.31. The highest BCUT2D eigenvalue weighted by molar-refractivity contribution is 7.99. The Labute approximate surface area is 212 Å². The van der Waals surface area contributed by atoms with E-state index >= 15 is 0 Å². The van der Waals surface area contributed by atoms with Crippen molar-refractivity contribution in [3.8, 4) is 5.69 Å². The molecule has 0 fully saturated rings. The summed E-state index contributed by atoms with van der Waals surface area (Å²) in [6, 6.07) is 34.1. The Bertz CT molecular complexity index is 1550. The molecule has 1 atom stereocenters. The summed E-state index contributed by atoms with van der Waals surface area (Å²) in [5.74, 6) is 0.0812. The predicted octanol–water partition coefficient (Wildman–Crippen LogP) is 5.29. The zero-order valence-electron chi connectivity index (χ0n) is 19.3. The first-order valence-electron chi connectivity index (χ1n) is 11.7. The van der Waals surface area contributed by atoms with Crippen molar-refractivity contribution < 1.29 is 4.79 Å².